The minimum atomic E-state index is -4.38. The number of hydrogen-bond donors (Lipinski definition) is 0. The number of methoxy groups -OCH3 is 1. The average Bonchev–Trinajstić information content (AvgIpc) is 3.15. The van der Waals surface area contributed by atoms with Crippen molar-refractivity contribution < 1.29 is 22.4 Å². The van der Waals surface area contributed by atoms with Crippen molar-refractivity contribution in [1.29, 1.82) is 0 Å². The maximum atomic E-state index is 12.7. The number of halogens is 3. The molecule has 0 aliphatic heterocycles. The number of alkyl halides is 3. The van der Waals surface area contributed by atoms with Crippen molar-refractivity contribution in [2.75, 3.05) is 14.2 Å². The normalized spacial score (nSPS) is 13.0. The van der Waals surface area contributed by atoms with E-state index in [1.54, 1.807) is 7.11 Å². The number of aromatic nitrogens is 2. The Morgan fingerprint density at radius 2 is 1.79 bits per heavy atom. The standard InChI is InChI=1S/C20H20F3N3O2/c1-13(16-6-4-5-7-17(16)27-3)26(2)12-18-24-19(25-28-18)14-8-10-15(11-9-14)20(21,22)23/h4-11,13H,12H2,1-3H3. The molecule has 5 nitrogen and oxygen atoms in total. The number of hydrogen-bond acceptors (Lipinski definition) is 5. The molecule has 0 saturated heterocycles. The van der Waals surface area contributed by atoms with Gasteiger partial charge in [0.05, 0.1) is 19.2 Å². The lowest BCUT2D eigenvalue weighted by Gasteiger charge is -2.24. The lowest BCUT2D eigenvalue weighted by Crippen LogP contribution is -2.22. The SMILES string of the molecule is COc1ccccc1C(C)N(C)Cc1nc(-c2ccc(C(F)(F)F)cc2)no1. The Morgan fingerprint density at radius 3 is 2.43 bits per heavy atom. The Morgan fingerprint density at radius 1 is 1.11 bits per heavy atom. The molecule has 1 unspecified atom stereocenters. The minimum absolute atomic E-state index is 0.0255. The van der Waals surface area contributed by atoms with E-state index in [1.807, 2.05) is 43.1 Å². The summed E-state index contributed by atoms with van der Waals surface area (Å²) in [4.78, 5) is 6.31. The third-order valence-corrected chi connectivity index (χ3v) is 4.57. The largest absolute Gasteiger partial charge is 0.496 e. The molecular formula is C20H20F3N3O2. The Labute approximate surface area is 160 Å². The molecule has 8 heteroatoms. The first kappa shape index (κ1) is 19.9. The van der Waals surface area contributed by atoms with Crippen LogP contribution < -0.4 is 4.74 Å². The fraction of sp³-hybridized carbons (Fsp3) is 0.300. The summed E-state index contributed by atoms with van der Waals surface area (Å²) in [6.45, 7) is 2.41. The third-order valence-electron chi connectivity index (χ3n) is 4.57. The molecular weight excluding hydrogens is 371 g/mol. The zero-order valence-corrected chi connectivity index (χ0v) is 15.7. The zero-order chi connectivity index (χ0) is 20.3. The fourth-order valence-corrected chi connectivity index (χ4v) is 2.84. The first-order chi connectivity index (χ1) is 13.3. The minimum Gasteiger partial charge on any atom is -0.496 e. The van der Waals surface area contributed by atoms with Gasteiger partial charge in [0.2, 0.25) is 11.7 Å². The number of ether oxygens (including phenoxy) is 1. The number of para-hydroxylation sites is 1. The van der Waals surface area contributed by atoms with Crippen molar-refractivity contribution >= 4 is 0 Å². The molecule has 2 aromatic carbocycles. The molecule has 0 spiro atoms. The second-order valence-corrected chi connectivity index (χ2v) is 6.42. The lowest BCUT2D eigenvalue weighted by atomic mass is 10.1. The van der Waals surface area contributed by atoms with Crippen LogP contribution in [0.4, 0.5) is 13.2 Å². The molecule has 1 heterocycles. The van der Waals surface area contributed by atoms with Crippen LogP contribution in [-0.2, 0) is 12.7 Å². The Balaban J connectivity index is 1.72. The number of rotatable bonds is 6. The fourth-order valence-electron chi connectivity index (χ4n) is 2.84. The predicted molar refractivity (Wildman–Crippen MR) is 97.6 cm³/mol. The van der Waals surface area contributed by atoms with E-state index in [4.69, 9.17) is 9.26 Å². The maximum absolute atomic E-state index is 12.7. The van der Waals surface area contributed by atoms with Crippen LogP contribution >= 0.6 is 0 Å². The first-order valence-corrected chi connectivity index (χ1v) is 8.63. The van der Waals surface area contributed by atoms with E-state index in [0.717, 1.165) is 23.4 Å². The molecule has 1 aromatic heterocycles. The third kappa shape index (κ3) is 4.33. The van der Waals surface area contributed by atoms with Crippen molar-refractivity contribution in [3.05, 3.63) is 65.5 Å². The van der Waals surface area contributed by atoms with Gasteiger partial charge in [0, 0.05) is 17.2 Å². The molecule has 3 aromatic rings. The van der Waals surface area contributed by atoms with E-state index in [2.05, 4.69) is 10.1 Å². The van der Waals surface area contributed by atoms with Gasteiger partial charge in [-0.1, -0.05) is 35.5 Å². The average molecular weight is 391 g/mol. The number of benzene rings is 2. The van der Waals surface area contributed by atoms with Crippen molar-refractivity contribution in [3.8, 4) is 17.1 Å². The monoisotopic (exact) mass is 391 g/mol. The highest BCUT2D eigenvalue weighted by molar-refractivity contribution is 5.54. The lowest BCUT2D eigenvalue weighted by molar-refractivity contribution is -0.137. The molecule has 0 radical (unpaired) electrons. The van der Waals surface area contributed by atoms with Gasteiger partial charge >= 0.3 is 6.18 Å². The molecule has 0 aliphatic rings. The van der Waals surface area contributed by atoms with Gasteiger partial charge in [0.25, 0.3) is 0 Å². The van der Waals surface area contributed by atoms with Gasteiger partial charge in [-0.2, -0.15) is 18.2 Å². The molecule has 28 heavy (non-hydrogen) atoms. The van der Waals surface area contributed by atoms with E-state index in [-0.39, 0.29) is 11.9 Å². The van der Waals surface area contributed by atoms with Crippen LogP contribution in [0.2, 0.25) is 0 Å². The summed E-state index contributed by atoms with van der Waals surface area (Å²) in [6.07, 6.45) is -4.38. The Hall–Kier alpha value is -2.87. The molecule has 0 fully saturated rings. The van der Waals surface area contributed by atoms with Gasteiger partial charge in [-0.25, -0.2) is 0 Å². The van der Waals surface area contributed by atoms with Gasteiger partial charge in [-0.15, -0.1) is 0 Å². The highest BCUT2D eigenvalue weighted by Gasteiger charge is 2.30. The van der Waals surface area contributed by atoms with Crippen LogP contribution in [0.3, 0.4) is 0 Å². The molecule has 0 aliphatic carbocycles. The topological polar surface area (TPSA) is 51.4 Å². The molecule has 0 amide bonds. The number of nitrogens with zero attached hydrogens (tertiary/aromatic N) is 3. The van der Waals surface area contributed by atoms with E-state index in [0.29, 0.717) is 18.0 Å². The van der Waals surface area contributed by atoms with Gasteiger partial charge in [0.15, 0.2) is 0 Å². The summed E-state index contributed by atoms with van der Waals surface area (Å²) < 4.78 is 48.7. The zero-order valence-electron chi connectivity index (χ0n) is 15.7. The molecule has 1 atom stereocenters. The second kappa shape index (κ2) is 8.02. The predicted octanol–water partition coefficient (Wildman–Crippen LogP) is 4.96. The first-order valence-electron chi connectivity index (χ1n) is 8.63. The van der Waals surface area contributed by atoms with E-state index in [1.165, 1.54) is 12.1 Å². The van der Waals surface area contributed by atoms with Crippen LogP contribution in [0, 0.1) is 0 Å². The van der Waals surface area contributed by atoms with Gasteiger partial charge in [-0.05, 0) is 32.2 Å². The molecule has 0 bridgehead atoms. The summed E-state index contributed by atoms with van der Waals surface area (Å²) in [5.41, 5.74) is 0.767. The molecule has 0 N–H and O–H groups in total. The summed E-state index contributed by atoms with van der Waals surface area (Å²) >= 11 is 0. The highest BCUT2D eigenvalue weighted by atomic mass is 19.4. The van der Waals surface area contributed by atoms with Crippen molar-refractivity contribution in [2.45, 2.75) is 25.7 Å². The maximum Gasteiger partial charge on any atom is 0.416 e. The molecule has 0 saturated carbocycles. The van der Waals surface area contributed by atoms with E-state index < -0.39 is 11.7 Å². The van der Waals surface area contributed by atoms with Crippen molar-refractivity contribution in [3.63, 3.8) is 0 Å². The summed E-state index contributed by atoms with van der Waals surface area (Å²) in [5.74, 6) is 1.42. The van der Waals surface area contributed by atoms with Crippen LogP contribution in [0.25, 0.3) is 11.4 Å². The van der Waals surface area contributed by atoms with E-state index >= 15 is 0 Å². The molecule has 3 rings (SSSR count). The summed E-state index contributed by atoms with van der Waals surface area (Å²) in [6, 6.07) is 12.4. The van der Waals surface area contributed by atoms with Gasteiger partial charge < -0.3 is 9.26 Å². The van der Waals surface area contributed by atoms with Crippen molar-refractivity contribution in [2.24, 2.45) is 0 Å². The quantitative estimate of drug-likeness (QED) is 0.595. The van der Waals surface area contributed by atoms with Crippen LogP contribution in [-0.4, -0.2) is 29.2 Å². The molecule has 148 valence electrons. The van der Waals surface area contributed by atoms with Crippen LogP contribution in [0.5, 0.6) is 5.75 Å². The highest BCUT2D eigenvalue weighted by Crippen LogP contribution is 2.31. The Bertz CT molecular complexity index is 923. The summed E-state index contributed by atoms with van der Waals surface area (Å²) in [5, 5.41) is 3.88. The van der Waals surface area contributed by atoms with Gasteiger partial charge in [-0.3, -0.25) is 4.90 Å². The van der Waals surface area contributed by atoms with Crippen LogP contribution in [0.15, 0.2) is 53.1 Å². The second-order valence-electron chi connectivity index (χ2n) is 6.42. The van der Waals surface area contributed by atoms with Crippen LogP contribution in [0.1, 0.15) is 30.0 Å². The van der Waals surface area contributed by atoms with Crippen molar-refractivity contribution in [1.82, 2.24) is 15.0 Å². The van der Waals surface area contributed by atoms with E-state index in [9.17, 15) is 13.2 Å². The summed E-state index contributed by atoms with van der Waals surface area (Å²) in [7, 11) is 3.54. The Kier molecular flexibility index (Phi) is 5.69. The smallest absolute Gasteiger partial charge is 0.416 e. The van der Waals surface area contributed by atoms with Gasteiger partial charge in [0.1, 0.15) is 5.75 Å².